The summed E-state index contributed by atoms with van der Waals surface area (Å²) in [5.74, 6) is 0. The van der Waals surface area contributed by atoms with E-state index >= 15 is 0 Å². The maximum absolute atomic E-state index is 3.63. The standard InChI is InChI=1S/C14H21N/c1-10-7-11(2)9-13(8-10)15-12(3)14(4)5-6-14/h7-9,12,15H,5-6H2,1-4H3. The fraction of sp³-hybridized carbons (Fsp3) is 0.571. The number of aryl methyl sites for hydroxylation is 2. The molecule has 1 heteroatoms. The predicted octanol–water partition coefficient (Wildman–Crippen LogP) is 3.90. The molecule has 15 heavy (non-hydrogen) atoms. The van der Waals surface area contributed by atoms with Gasteiger partial charge in [-0.2, -0.15) is 0 Å². The van der Waals surface area contributed by atoms with Crippen LogP contribution in [0.4, 0.5) is 5.69 Å². The Morgan fingerprint density at radius 2 is 1.67 bits per heavy atom. The van der Waals surface area contributed by atoms with E-state index < -0.39 is 0 Å². The quantitative estimate of drug-likeness (QED) is 0.785. The van der Waals surface area contributed by atoms with Gasteiger partial charge >= 0.3 is 0 Å². The minimum Gasteiger partial charge on any atom is -0.382 e. The van der Waals surface area contributed by atoms with Crippen LogP contribution in [0.1, 0.15) is 37.8 Å². The van der Waals surface area contributed by atoms with E-state index in [2.05, 4.69) is 51.2 Å². The molecule has 0 heterocycles. The molecule has 1 saturated carbocycles. The second-order valence-corrected chi connectivity index (χ2v) is 5.40. The molecule has 1 aromatic carbocycles. The number of nitrogens with one attached hydrogen (secondary N) is 1. The highest BCUT2D eigenvalue weighted by atomic mass is 14.9. The maximum Gasteiger partial charge on any atom is 0.0347 e. The molecular formula is C14H21N. The summed E-state index contributed by atoms with van der Waals surface area (Å²) in [7, 11) is 0. The lowest BCUT2D eigenvalue weighted by Crippen LogP contribution is -2.24. The van der Waals surface area contributed by atoms with Crippen LogP contribution in [0.5, 0.6) is 0 Å². The molecule has 1 aliphatic carbocycles. The minimum atomic E-state index is 0.539. The van der Waals surface area contributed by atoms with Crippen molar-refractivity contribution in [1.82, 2.24) is 0 Å². The molecule has 0 saturated heterocycles. The summed E-state index contributed by atoms with van der Waals surface area (Å²) >= 11 is 0. The maximum atomic E-state index is 3.63. The van der Waals surface area contributed by atoms with Gasteiger partial charge in [-0.15, -0.1) is 0 Å². The van der Waals surface area contributed by atoms with Gasteiger partial charge in [0.15, 0.2) is 0 Å². The SMILES string of the molecule is Cc1cc(C)cc(NC(C)C2(C)CC2)c1. The fourth-order valence-corrected chi connectivity index (χ4v) is 2.11. The van der Waals surface area contributed by atoms with Crippen LogP contribution in [0.3, 0.4) is 0 Å². The van der Waals surface area contributed by atoms with Gasteiger partial charge in [0.1, 0.15) is 0 Å². The zero-order valence-electron chi connectivity index (χ0n) is 10.2. The van der Waals surface area contributed by atoms with Crippen LogP contribution in [0.25, 0.3) is 0 Å². The molecule has 1 aliphatic rings. The van der Waals surface area contributed by atoms with Crippen molar-refractivity contribution in [2.75, 3.05) is 5.32 Å². The first kappa shape index (κ1) is 10.5. The highest BCUT2D eigenvalue weighted by molar-refractivity contribution is 5.49. The molecule has 0 radical (unpaired) electrons. The smallest absolute Gasteiger partial charge is 0.0347 e. The fourth-order valence-electron chi connectivity index (χ4n) is 2.11. The first-order valence-corrected chi connectivity index (χ1v) is 5.84. The van der Waals surface area contributed by atoms with Crippen molar-refractivity contribution >= 4 is 5.69 Å². The molecule has 0 aromatic heterocycles. The van der Waals surface area contributed by atoms with E-state index in [1.54, 1.807) is 0 Å². The van der Waals surface area contributed by atoms with Gasteiger partial charge in [0.2, 0.25) is 0 Å². The van der Waals surface area contributed by atoms with Crippen LogP contribution in [0.2, 0.25) is 0 Å². The molecule has 1 fully saturated rings. The summed E-state index contributed by atoms with van der Waals surface area (Å²) in [5.41, 5.74) is 4.49. The number of hydrogen-bond donors (Lipinski definition) is 1. The number of anilines is 1. The second kappa shape index (κ2) is 3.55. The first-order valence-electron chi connectivity index (χ1n) is 5.84. The van der Waals surface area contributed by atoms with Crippen molar-refractivity contribution in [2.24, 2.45) is 5.41 Å². The zero-order valence-corrected chi connectivity index (χ0v) is 10.2. The normalized spacial score (nSPS) is 19.7. The largest absolute Gasteiger partial charge is 0.382 e. The third-order valence-electron chi connectivity index (χ3n) is 3.69. The molecule has 1 nitrogen and oxygen atoms in total. The molecule has 0 bridgehead atoms. The molecular weight excluding hydrogens is 182 g/mol. The Morgan fingerprint density at radius 3 is 2.13 bits per heavy atom. The number of benzene rings is 1. The average molecular weight is 203 g/mol. The lowest BCUT2D eigenvalue weighted by molar-refractivity contribution is 0.493. The van der Waals surface area contributed by atoms with Crippen molar-refractivity contribution < 1.29 is 0 Å². The van der Waals surface area contributed by atoms with Crippen LogP contribution in [0.15, 0.2) is 18.2 Å². The Balaban J connectivity index is 2.10. The van der Waals surface area contributed by atoms with Crippen molar-refractivity contribution in [1.29, 1.82) is 0 Å². The topological polar surface area (TPSA) is 12.0 Å². The number of rotatable bonds is 3. The van der Waals surface area contributed by atoms with Crippen LogP contribution >= 0.6 is 0 Å². The Labute approximate surface area is 92.9 Å². The van der Waals surface area contributed by atoms with E-state index in [9.17, 15) is 0 Å². The lowest BCUT2D eigenvalue weighted by Gasteiger charge is -2.22. The molecule has 0 aliphatic heterocycles. The Kier molecular flexibility index (Phi) is 2.49. The van der Waals surface area contributed by atoms with Gasteiger partial charge in [0.05, 0.1) is 0 Å². The average Bonchev–Trinajstić information content (AvgIpc) is 2.83. The van der Waals surface area contributed by atoms with Gasteiger partial charge in [-0.25, -0.2) is 0 Å². The van der Waals surface area contributed by atoms with Gasteiger partial charge in [0, 0.05) is 11.7 Å². The van der Waals surface area contributed by atoms with Gasteiger partial charge in [-0.3, -0.25) is 0 Å². The van der Waals surface area contributed by atoms with Crippen molar-refractivity contribution in [2.45, 2.75) is 46.6 Å². The van der Waals surface area contributed by atoms with Crippen LogP contribution in [-0.4, -0.2) is 6.04 Å². The van der Waals surface area contributed by atoms with Crippen LogP contribution in [0, 0.1) is 19.3 Å². The van der Waals surface area contributed by atoms with Crippen LogP contribution < -0.4 is 5.32 Å². The molecule has 1 N–H and O–H groups in total. The minimum absolute atomic E-state index is 0.539. The molecule has 2 rings (SSSR count). The van der Waals surface area contributed by atoms with Crippen molar-refractivity contribution in [3.63, 3.8) is 0 Å². The molecule has 82 valence electrons. The lowest BCUT2D eigenvalue weighted by atomic mass is 10.00. The summed E-state index contributed by atoms with van der Waals surface area (Å²) in [5, 5.41) is 3.63. The zero-order chi connectivity index (χ0) is 11.1. The van der Waals surface area contributed by atoms with Gasteiger partial charge in [0.25, 0.3) is 0 Å². The van der Waals surface area contributed by atoms with Gasteiger partial charge in [-0.05, 0) is 62.3 Å². The van der Waals surface area contributed by atoms with Crippen LogP contribution in [-0.2, 0) is 0 Å². The molecule has 1 atom stereocenters. The van der Waals surface area contributed by atoms with E-state index in [1.807, 2.05) is 0 Å². The van der Waals surface area contributed by atoms with E-state index in [0.717, 1.165) is 0 Å². The Morgan fingerprint density at radius 1 is 1.13 bits per heavy atom. The summed E-state index contributed by atoms with van der Waals surface area (Å²) in [6.07, 6.45) is 2.73. The monoisotopic (exact) mass is 203 g/mol. The Hall–Kier alpha value is -0.980. The predicted molar refractivity (Wildman–Crippen MR) is 66.3 cm³/mol. The highest BCUT2D eigenvalue weighted by Gasteiger charge is 2.42. The van der Waals surface area contributed by atoms with E-state index in [1.165, 1.54) is 29.7 Å². The third-order valence-corrected chi connectivity index (χ3v) is 3.69. The molecule has 0 spiro atoms. The van der Waals surface area contributed by atoms with Crippen molar-refractivity contribution in [3.05, 3.63) is 29.3 Å². The summed E-state index contributed by atoms with van der Waals surface area (Å²) in [6.45, 7) is 8.97. The van der Waals surface area contributed by atoms with Gasteiger partial charge < -0.3 is 5.32 Å². The summed E-state index contributed by atoms with van der Waals surface area (Å²) < 4.78 is 0. The van der Waals surface area contributed by atoms with E-state index in [0.29, 0.717) is 11.5 Å². The van der Waals surface area contributed by atoms with E-state index in [4.69, 9.17) is 0 Å². The van der Waals surface area contributed by atoms with E-state index in [-0.39, 0.29) is 0 Å². The van der Waals surface area contributed by atoms with Crippen molar-refractivity contribution in [3.8, 4) is 0 Å². The third kappa shape index (κ3) is 2.34. The van der Waals surface area contributed by atoms with Gasteiger partial charge in [-0.1, -0.05) is 13.0 Å². The summed E-state index contributed by atoms with van der Waals surface area (Å²) in [6, 6.07) is 7.26. The summed E-state index contributed by atoms with van der Waals surface area (Å²) in [4.78, 5) is 0. The molecule has 1 aromatic rings. The number of hydrogen-bond acceptors (Lipinski definition) is 1. The highest BCUT2D eigenvalue weighted by Crippen LogP contribution is 2.48. The molecule has 0 amide bonds. The second-order valence-electron chi connectivity index (χ2n) is 5.40. The first-order chi connectivity index (χ1) is 6.99. The molecule has 1 unspecified atom stereocenters. The Bertz CT molecular complexity index is 343.